The fraction of sp³-hybridized carbons (Fsp3) is 1.00. The fourth-order valence-corrected chi connectivity index (χ4v) is 3.91. The minimum atomic E-state index is -4.08. The van der Waals surface area contributed by atoms with Crippen LogP contribution in [0.5, 0.6) is 0 Å². The molecule has 0 aromatic rings. The molecule has 0 aromatic heterocycles. The maximum absolute atomic E-state index is 12.8. The predicted molar refractivity (Wildman–Crippen MR) is 75.8 cm³/mol. The highest BCUT2D eigenvalue weighted by atomic mass is 19.4. The number of alkyl halides is 3. The second kappa shape index (κ2) is 6.84. The minimum Gasteiger partial charge on any atom is -0.396 e. The normalized spacial score (nSPS) is 38.4. The minimum absolute atomic E-state index is 0.142. The van der Waals surface area contributed by atoms with Crippen LogP contribution in [0.15, 0.2) is 0 Å². The van der Waals surface area contributed by atoms with Crippen LogP contribution in [-0.2, 0) is 0 Å². The first-order valence-corrected chi connectivity index (χ1v) is 8.05. The molecule has 2 saturated carbocycles. The topological polar surface area (TPSA) is 58.3 Å². The lowest BCUT2D eigenvalue weighted by molar-refractivity contribution is -0.185. The SMILES string of the molecule is NCC1(NC2CCCCC2CO)CCC(C(F)(F)F)CC1. The molecule has 0 radical (unpaired) electrons. The van der Waals surface area contributed by atoms with E-state index < -0.39 is 12.1 Å². The average Bonchev–Trinajstić information content (AvgIpc) is 2.47. The van der Waals surface area contributed by atoms with Crippen LogP contribution in [0.3, 0.4) is 0 Å². The molecular weight excluding hydrogens is 281 g/mol. The molecule has 0 saturated heterocycles. The monoisotopic (exact) mass is 308 g/mol. The third kappa shape index (κ3) is 4.11. The second-order valence-electron chi connectivity index (χ2n) is 6.78. The number of nitrogens with one attached hydrogen (secondary N) is 1. The zero-order valence-electron chi connectivity index (χ0n) is 12.5. The van der Waals surface area contributed by atoms with Gasteiger partial charge in [0.1, 0.15) is 0 Å². The van der Waals surface area contributed by atoms with Gasteiger partial charge in [0, 0.05) is 24.7 Å². The molecule has 2 rings (SSSR count). The van der Waals surface area contributed by atoms with Gasteiger partial charge in [0.25, 0.3) is 0 Å². The Morgan fingerprint density at radius 1 is 1.10 bits per heavy atom. The van der Waals surface area contributed by atoms with Crippen molar-refractivity contribution in [3.05, 3.63) is 0 Å². The van der Waals surface area contributed by atoms with Gasteiger partial charge < -0.3 is 16.2 Å². The van der Waals surface area contributed by atoms with Crippen molar-refractivity contribution in [1.82, 2.24) is 5.32 Å². The highest BCUT2D eigenvalue weighted by Gasteiger charge is 2.46. The molecule has 0 spiro atoms. The Morgan fingerprint density at radius 3 is 2.24 bits per heavy atom. The first-order valence-electron chi connectivity index (χ1n) is 8.05. The fourth-order valence-electron chi connectivity index (χ4n) is 3.91. The number of aliphatic hydroxyl groups is 1. The molecule has 0 bridgehead atoms. The smallest absolute Gasteiger partial charge is 0.391 e. The molecular formula is C15H27F3N2O. The summed E-state index contributed by atoms with van der Waals surface area (Å²) in [5.74, 6) is -0.971. The molecule has 2 unspecified atom stereocenters. The summed E-state index contributed by atoms with van der Waals surface area (Å²) in [5.41, 5.74) is 5.51. The van der Waals surface area contributed by atoms with Gasteiger partial charge in [0.15, 0.2) is 0 Å². The van der Waals surface area contributed by atoms with Gasteiger partial charge in [0.05, 0.1) is 5.92 Å². The zero-order valence-corrected chi connectivity index (χ0v) is 12.5. The summed E-state index contributed by atoms with van der Waals surface area (Å²) in [7, 11) is 0. The number of hydrogen-bond donors (Lipinski definition) is 3. The average molecular weight is 308 g/mol. The maximum Gasteiger partial charge on any atom is 0.391 e. The summed E-state index contributed by atoms with van der Waals surface area (Å²) in [6.45, 7) is 0.510. The molecule has 0 heterocycles. The van der Waals surface area contributed by atoms with E-state index in [0.717, 1.165) is 25.7 Å². The van der Waals surface area contributed by atoms with Crippen LogP contribution in [0.4, 0.5) is 13.2 Å². The van der Waals surface area contributed by atoms with Crippen molar-refractivity contribution in [3.8, 4) is 0 Å². The van der Waals surface area contributed by atoms with Gasteiger partial charge in [-0.05, 0) is 44.4 Å². The van der Waals surface area contributed by atoms with E-state index in [1.807, 2.05) is 0 Å². The molecule has 4 N–H and O–H groups in total. The molecule has 124 valence electrons. The van der Waals surface area contributed by atoms with E-state index >= 15 is 0 Å². The lowest BCUT2D eigenvalue weighted by Crippen LogP contribution is -2.59. The molecule has 0 aromatic carbocycles. The molecule has 0 aliphatic heterocycles. The highest BCUT2D eigenvalue weighted by molar-refractivity contribution is 4.98. The van der Waals surface area contributed by atoms with Gasteiger partial charge in [-0.15, -0.1) is 0 Å². The van der Waals surface area contributed by atoms with Crippen LogP contribution < -0.4 is 11.1 Å². The number of rotatable bonds is 4. The second-order valence-corrected chi connectivity index (χ2v) is 6.78. The number of halogens is 3. The first-order chi connectivity index (χ1) is 9.90. The first kappa shape index (κ1) is 17.0. The van der Waals surface area contributed by atoms with Crippen molar-refractivity contribution in [2.24, 2.45) is 17.6 Å². The molecule has 3 nitrogen and oxygen atoms in total. The third-order valence-electron chi connectivity index (χ3n) is 5.43. The summed E-state index contributed by atoms with van der Waals surface area (Å²) < 4.78 is 38.4. The maximum atomic E-state index is 12.8. The number of hydrogen-bond acceptors (Lipinski definition) is 3. The number of aliphatic hydroxyl groups excluding tert-OH is 1. The quantitative estimate of drug-likeness (QED) is 0.748. The van der Waals surface area contributed by atoms with E-state index in [1.165, 1.54) is 0 Å². The number of nitrogens with two attached hydrogens (primary N) is 1. The van der Waals surface area contributed by atoms with Gasteiger partial charge in [-0.3, -0.25) is 0 Å². The molecule has 21 heavy (non-hydrogen) atoms. The van der Waals surface area contributed by atoms with Crippen LogP contribution >= 0.6 is 0 Å². The summed E-state index contributed by atoms with van der Waals surface area (Å²) in [6.07, 6.45) is 1.38. The van der Waals surface area contributed by atoms with Crippen molar-refractivity contribution in [2.45, 2.75) is 69.1 Å². The van der Waals surface area contributed by atoms with Crippen molar-refractivity contribution in [2.75, 3.05) is 13.2 Å². The van der Waals surface area contributed by atoms with E-state index in [1.54, 1.807) is 0 Å². The largest absolute Gasteiger partial charge is 0.396 e. The Morgan fingerprint density at radius 2 is 1.71 bits per heavy atom. The van der Waals surface area contributed by atoms with Crippen molar-refractivity contribution >= 4 is 0 Å². The van der Waals surface area contributed by atoms with E-state index in [-0.39, 0.29) is 36.9 Å². The summed E-state index contributed by atoms with van der Waals surface area (Å²) in [5, 5.41) is 13.0. The van der Waals surface area contributed by atoms with Gasteiger partial charge >= 0.3 is 6.18 Å². The Hall–Kier alpha value is -0.330. The van der Waals surface area contributed by atoms with Gasteiger partial charge in [-0.1, -0.05) is 12.8 Å². The van der Waals surface area contributed by atoms with Gasteiger partial charge in [-0.2, -0.15) is 13.2 Å². The zero-order chi connectivity index (χ0) is 15.5. The van der Waals surface area contributed by atoms with E-state index in [9.17, 15) is 18.3 Å². The van der Waals surface area contributed by atoms with Crippen molar-refractivity contribution in [3.63, 3.8) is 0 Å². The van der Waals surface area contributed by atoms with Crippen LogP contribution in [0.25, 0.3) is 0 Å². The predicted octanol–water partition coefficient (Wildman–Crippen LogP) is 2.58. The molecule has 2 aliphatic rings. The van der Waals surface area contributed by atoms with Crippen LogP contribution in [0, 0.1) is 11.8 Å². The molecule has 6 heteroatoms. The Labute approximate surface area is 124 Å². The van der Waals surface area contributed by atoms with Crippen molar-refractivity contribution < 1.29 is 18.3 Å². The van der Waals surface area contributed by atoms with E-state index in [4.69, 9.17) is 5.73 Å². The summed E-state index contributed by atoms with van der Waals surface area (Å²) in [6, 6.07) is 0.190. The summed E-state index contributed by atoms with van der Waals surface area (Å²) in [4.78, 5) is 0. The Bertz CT molecular complexity index is 327. The molecule has 2 aliphatic carbocycles. The van der Waals surface area contributed by atoms with Crippen LogP contribution in [-0.4, -0.2) is 36.0 Å². The standard InChI is InChI=1S/C15H27F3N2O/c16-15(17,18)12-5-7-14(10-19,8-6-12)20-13-4-2-1-3-11(13)9-21/h11-13,20-21H,1-10,19H2. The van der Waals surface area contributed by atoms with Gasteiger partial charge in [0.2, 0.25) is 0 Å². The lowest BCUT2D eigenvalue weighted by atomic mass is 9.74. The van der Waals surface area contributed by atoms with Gasteiger partial charge in [-0.25, -0.2) is 0 Å². The van der Waals surface area contributed by atoms with Crippen molar-refractivity contribution in [1.29, 1.82) is 0 Å². The van der Waals surface area contributed by atoms with E-state index in [0.29, 0.717) is 19.4 Å². The Kier molecular flexibility index (Phi) is 5.54. The molecule has 2 atom stereocenters. The molecule has 2 fully saturated rings. The lowest BCUT2D eigenvalue weighted by Gasteiger charge is -2.45. The van der Waals surface area contributed by atoms with Crippen LogP contribution in [0.1, 0.15) is 51.4 Å². The molecule has 0 amide bonds. The third-order valence-corrected chi connectivity index (χ3v) is 5.43. The highest BCUT2D eigenvalue weighted by Crippen LogP contribution is 2.41. The van der Waals surface area contributed by atoms with E-state index in [2.05, 4.69) is 5.32 Å². The Balaban J connectivity index is 1.96. The summed E-state index contributed by atoms with van der Waals surface area (Å²) >= 11 is 0. The van der Waals surface area contributed by atoms with Crippen LogP contribution in [0.2, 0.25) is 0 Å².